The molecule has 1 fully saturated rings. The van der Waals surface area contributed by atoms with Gasteiger partial charge in [-0.15, -0.1) is 0 Å². The monoisotopic (exact) mass is 315 g/mol. The van der Waals surface area contributed by atoms with Crippen LogP contribution in [-0.4, -0.2) is 45.4 Å². The molecule has 1 aliphatic heterocycles. The average molecular weight is 315 g/mol. The Morgan fingerprint density at radius 2 is 2.17 bits per heavy atom. The number of nitrogens with zero attached hydrogens (tertiary/aromatic N) is 1. The SMILES string of the molecule is CNC(=O)CCC1(C=O)CCc2cc(N3CCNCC3)ccc21. The number of carbonyl (C=O) groups excluding carboxylic acids is 2. The van der Waals surface area contributed by atoms with Crippen LogP contribution >= 0.6 is 0 Å². The van der Waals surface area contributed by atoms with E-state index in [1.807, 2.05) is 0 Å². The zero-order chi connectivity index (χ0) is 16.3. The number of aryl methyl sites for hydroxylation is 1. The molecule has 1 aromatic rings. The summed E-state index contributed by atoms with van der Waals surface area (Å²) >= 11 is 0. The second-order valence-corrected chi connectivity index (χ2v) is 6.53. The number of hydrogen-bond donors (Lipinski definition) is 2. The highest BCUT2D eigenvalue weighted by atomic mass is 16.1. The van der Waals surface area contributed by atoms with E-state index < -0.39 is 5.41 Å². The van der Waals surface area contributed by atoms with Crippen molar-refractivity contribution in [2.24, 2.45) is 0 Å². The van der Waals surface area contributed by atoms with Crippen molar-refractivity contribution in [1.82, 2.24) is 10.6 Å². The standard InChI is InChI=1S/C18H25N3O2/c1-19-17(23)5-7-18(13-22)6-4-14-12-15(2-3-16(14)18)21-10-8-20-9-11-21/h2-3,12-13,20H,4-11H2,1H3,(H,19,23). The molecular formula is C18H25N3O2. The Morgan fingerprint density at radius 1 is 1.39 bits per heavy atom. The Bertz CT molecular complexity index is 596. The van der Waals surface area contributed by atoms with Crippen molar-refractivity contribution in [3.63, 3.8) is 0 Å². The number of anilines is 1. The fraction of sp³-hybridized carbons (Fsp3) is 0.556. The van der Waals surface area contributed by atoms with Gasteiger partial charge in [-0.2, -0.15) is 0 Å². The summed E-state index contributed by atoms with van der Waals surface area (Å²) in [7, 11) is 1.64. The molecule has 0 bridgehead atoms. The topological polar surface area (TPSA) is 61.4 Å². The second-order valence-electron chi connectivity index (χ2n) is 6.53. The highest BCUT2D eigenvalue weighted by molar-refractivity contribution is 5.78. The van der Waals surface area contributed by atoms with E-state index >= 15 is 0 Å². The lowest BCUT2D eigenvalue weighted by Gasteiger charge is -2.30. The Balaban J connectivity index is 1.81. The summed E-state index contributed by atoms with van der Waals surface area (Å²) in [5.41, 5.74) is 3.16. The van der Waals surface area contributed by atoms with Crippen molar-refractivity contribution >= 4 is 17.9 Å². The van der Waals surface area contributed by atoms with Gasteiger partial charge in [-0.1, -0.05) is 6.07 Å². The molecule has 1 heterocycles. The van der Waals surface area contributed by atoms with Gasteiger partial charge in [-0.25, -0.2) is 0 Å². The molecule has 124 valence electrons. The van der Waals surface area contributed by atoms with Crippen molar-refractivity contribution < 1.29 is 9.59 Å². The molecule has 1 unspecified atom stereocenters. The van der Waals surface area contributed by atoms with Crippen LogP contribution in [0.2, 0.25) is 0 Å². The summed E-state index contributed by atoms with van der Waals surface area (Å²) in [5, 5.41) is 6.00. The van der Waals surface area contributed by atoms with Gasteiger partial charge in [0.1, 0.15) is 6.29 Å². The summed E-state index contributed by atoms with van der Waals surface area (Å²) in [6.07, 6.45) is 3.78. The van der Waals surface area contributed by atoms with Crippen LogP contribution in [0, 0.1) is 0 Å². The molecule has 2 N–H and O–H groups in total. The average Bonchev–Trinajstić information content (AvgIpc) is 2.99. The molecule has 5 nitrogen and oxygen atoms in total. The van der Waals surface area contributed by atoms with Crippen molar-refractivity contribution in [1.29, 1.82) is 0 Å². The lowest BCUT2D eigenvalue weighted by atomic mass is 9.79. The van der Waals surface area contributed by atoms with Gasteiger partial charge in [-0.05, 0) is 42.5 Å². The molecule has 1 atom stereocenters. The second kappa shape index (κ2) is 6.71. The molecule has 1 amide bonds. The molecule has 0 saturated carbocycles. The van der Waals surface area contributed by atoms with E-state index in [1.54, 1.807) is 7.05 Å². The first-order valence-corrected chi connectivity index (χ1v) is 8.44. The highest BCUT2D eigenvalue weighted by Gasteiger charge is 2.38. The van der Waals surface area contributed by atoms with Gasteiger partial charge in [0.15, 0.2) is 0 Å². The molecule has 0 spiro atoms. The van der Waals surface area contributed by atoms with Gasteiger partial charge < -0.3 is 20.3 Å². The molecular weight excluding hydrogens is 290 g/mol. The van der Waals surface area contributed by atoms with E-state index in [-0.39, 0.29) is 5.91 Å². The summed E-state index contributed by atoms with van der Waals surface area (Å²) in [6.45, 7) is 4.07. The van der Waals surface area contributed by atoms with Gasteiger partial charge in [0.05, 0.1) is 5.41 Å². The fourth-order valence-corrected chi connectivity index (χ4v) is 3.79. The number of hydrogen-bond acceptors (Lipinski definition) is 4. The normalized spacial score (nSPS) is 23.4. The van der Waals surface area contributed by atoms with E-state index in [0.717, 1.165) is 50.9 Å². The lowest BCUT2D eigenvalue weighted by molar-refractivity contribution is -0.121. The largest absolute Gasteiger partial charge is 0.369 e. The van der Waals surface area contributed by atoms with Crippen LogP contribution in [0.3, 0.4) is 0 Å². The van der Waals surface area contributed by atoms with Crippen LogP contribution in [0.1, 0.15) is 30.4 Å². The Labute approximate surface area is 137 Å². The fourth-order valence-electron chi connectivity index (χ4n) is 3.79. The van der Waals surface area contributed by atoms with Crippen molar-refractivity contribution in [3.05, 3.63) is 29.3 Å². The summed E-state index contributed by atoms with van der Waals surface area (Å²) < 4.78 is 0. The maximum atomic E-state index is 11.8. The molecule has 23 heavy (non-hydrogen) atoms. The van der Waals surface area contributed by atoms with E-state index in [9.17, 15) is 9.59 Å². The number of amides is 1. The molecule has 2 aliphatic rings. The number of piperazine rings is 1. The summed E-state index contributed by atoms with van der Waals surface area (Å²) in [6, 6.07) is 6.48. The third-order valence-corrected chi connectivity index (χ3v) is 5.25. The van der Waals surface area contributed by atoms with Crippen LogP contribution < -0.4 is 15.5 Å². The number of rotatable bonds is 5. The van der Waals surface area contributed by atoms with E-state index in [0.29, 0.717) is 12.8 Å². The van der Waals surface area contributed by atoms with Crippen LogP contribution in [0.5, 0.6) is 0 Å². The summed E-state index contributed by atoms with van der Waals surface area (Å²) in [5.74, 6) is -0.00267. The molecule has 1 aliphatic carbocycles. The van der Waals surface area contributed by atoms with Crippen LogP contribution in [-0.2, 0) is 21.4 Å². The first-order chi connectivity index (χ1) is 11.2. The predicted molar refractivity (Wildman–Crippen MR) is 90.9 cm³/mol. The number of carbonyl (C=O) groups is 2. The van der Waals surface area contributed by atoms with Crippen LogP contribution in [0.15, 0.2) is 18.2 Å². The van der Waals surface area contributed by atoms with Gasteiger partial charge in [0.2, 0.25) is 5.91 Å². The Kier molecular flexibility index (Phi) is 4.66. The minimum Gasteiger partial charge on any atom is -0.369 e. The van der Waals surface area contributed by atoms with Crippen molar-refractivity contribution in [2.75, 3.05) is 38.1 Å². The molecule has 5 heteroatoms. The van der Waals surface area contributed by atoms with Gasteiger partial charge in [-0.3, -0.25) is 4.79 Å². The Hall–Kier alpha value is -1.88. The minimum absolute atomic E-state index is 0.00267. The zero-order valence-corrected chi connectivity index (χ0v) is 13.7. The molecule has 0 radical (unpaired) electrons. The van der Waals surface area contributed by atoms with Gasteiger partial charge in [0.25, 0.3) is 0 Å². The molecule has 1 aromatic carbocycles. The molecule has 3 rings (SSSR count). The third kappa shape index (κ3) is 3.11. The van der Waals surface area contributed by atoms with Gasteiger partial charge in [0, 0.05) is 45.3 Å². The number of fused-ring (bicyclic) bond motifs is 1. The van der Waals surface area contributed by atoms with E-state index in [2.05, 4.69) is 33.7 Å². The molecule has 0 aromatic heterocycles. The van der Waals surface area contributed by atoms with Crippen molar-refractivity contribution in [3.8, 4) is 0 Å². The smallest absolute Gasteiger partial charge is 0.219 e. The quantitative estimate of drug-likeness (QED) is 0.796. The molecule has 1 saturated heterocycles. The first-order valence-electron chi connectivity index (χ1n) is 8.44. The highest BCUT2D eigenvalue weighted by Crippen LogP contribution is 2.42. The van der Waals surface area contributed by atoms with E-state index in [4.69, 9.17) is 0 Å². The summed E-state index contributed by atoms with van der Waals surface area (Å²) in [4.78, 5) is 25.8. The van der Waals surface area contributed by atoms with Crippen molar-refractivity contribution in [2.45, 2.75) is 31.1 Å². The maximum absolute atomic E-state index is 11.8. The third-order valence-electron chi connectivity index (χ3n) is 5.25. The van der Waals surface area contributed by atoms with Crippen LogP contribution in [0.4, 0.5) is 5.69 Å². The first kappa shape index (κ1) is 16.0. The number of benzene rings is 1. The Morgan fingerprint density at radius 3 is 2.87 bits per heavy atom. The minimum atomic E-state index is -0.482. The number of aldehydes is 1. The zero-order valence-electron chi connectivity index (χ0n) is 13.7. The number of nitrogens with one attached hydrogen (secondary N) is 2. The maximum Gasteiger partial charge on any atom is 0.219 e. The lowest BCUT2D eigenvalue weighted by Crippen LogP contribution is -2.43. The van der Waals surface area contributed by atoms with E-state index in [1.165, 1.54) is 11.3 Å². The van der Waals surface area contributed by atoms with Crippen LogP contribution in [0.25, 0.3) is 0 Å². The predicted octanol–water partition coefficient (Wildman–Crippen LogP) is 1.01. The van der Waals surface area contributed by atoms with Gasteiger partial charge >= 0.3 is 0 Å².